The predicted octanol–water partition coefficient (Wildman–Crippen LogP) is 3.75. The molecule has 0 N–H and O–H groups in total. The third-order valence-corrected chi connectivity index (χ3v) is 3.80. The van der Waals surface area contributed by atoms with E-state index in [0.29, 0.717) is 23.1 Å². The van der Waals surface area contributed by atoms with Crippen LogP contribution in [0.3, 0.4) is 0 Å². The van der Waals surface area contributed by atoms with Crippen LogP contribution in [0.25, 0.3) is 0 Å². The molecule has 3 rings (SSSR count). The Morgan fingerprint density at radius 2 is 2.04 bits per heavy atom. The topological polar surface area (TPSA) is 48.0 Å². The van der Waals surface area contributed by atoms with Gasteiger partial charge in [0, 0.05) is 11.8 Å². The molecule has 1 heterocycles. The molecule has 1 unspecified atom stereocenters. The van der Waals surface area contributed by atoms with E-state index in [-0.39, 0.29) is 18.8 Å². The summed E-state index contributed by atoms with van der Waals surface area (Å²) in [6, 6.07) is 14.6. The summed E-state index contributed by atoms with van der Waals surface area (Å²) in [7, 11) is 1.57. The highest BCUT2D eigenvalue weighted by molar-refractivity contribution is 6.32. The van der Waals surface area contributed by atoms with Crippen LogP contribution >= 0.6 is 11.6 Å². The van der Waals surface area contributed by atoms with Crippen LogP contribution in [0.2, 0.25) is 5.02 Å². The Kier molecular flexibility index (Phi) is 4.57. The Labute approximate surface area is 139 Å². The van der Waals surface area contributed by atoms with E-state index >= 15 is 0 Å². The van der Waals surface area contributed by atoms with Gasteiger partial charge in [-0.1, -0.05) is 29.8 Å². The van der Waals surface area contributed by atoms with Crippen molar-refractivity contribution in [2.75, 3.05) is 25.2 Å². The molecule has 1 fully saturated rings. The minimum atomic E-state index is -0.370. The van der Waals surface area contributed by atoms with Crippen molar-refractivity contribution in [3.63, 3.8) is 0 Å². The van der Waals surface area contributed by atoms with Crippen LogP contribution < -0.4 is 14.4 Å². The summed E-state index contributed by atoms with van der Waals surface area (Å²) >= 11 is 6.12. The second kappa shape index (κ2) is 6.79. The molecule has 5 nitrogen and oxygen atoms in total. The van der Waals surface area contributed by atoms with E-state index in [1.54, 1.807) is 30.2 Å². The number of benzene rings is 2. The van der Waals surface area contributed by atoms with Gasteiger partial charge in [-0.3, -0.25) is 4.90 Å². The maximum Gasteiger partial charge on any atom is 0.414 e. The maximum absolute atomic E-state index is 12.0. The van der Waals surface area contributed by atoms with Gasteiger partial charge in [-0.15, -0.1) is 0 Å². The summed E-state index contributed by atoms with van der Waals surface area (Å²) in [6.07, 6.45) is -0.716. The molecule has 0 aliphatic carbocycles. The average Bonchev–Trinajstić information content (AvgIpc) is 2.95. The van der Waals surface area contributed by atoms with Crippen molar-refractivity contribution in [2.24, 2.45) is 0 Å². The smallest absolute Gasteiger partial charge is 0.414 e. The van der Waals surface area contributed by atoms with Crippen LogP contribution in [0, 0.1) is 0 Å². The zero-order valence-electron chi connectivity index (χ0n) is 12.6. The molecule has 1 aliphatic heterocycles. The van der Waals surface area contributed by atoms with Crippen LogP contribution in [0.5, 0.6) is 11.5 Å². The fraction of sp³-hybridized carbons (Fsp3) is 0.235. The molecule has 1 aliphatic rings. The SMILES string of the molecule is COc1ccc(OCC2CN(c3ccccc3)C(=O)O2)c(Cl)c1. The normalized spacial score (nSPS) is 17.0. The Morgan fingerprint density at radius 3 is 2.74 bits per heavy atom. The number of anilines is 1. The number of ether oxygens (including phenoxy) is 3. The van der Waals surface area contributed by atoms with Crippen LogP contribution in [0.1, 0.15) is 0 Å². The fourth-order valence-electron chi connectivity index (χ4n) is 2.34. The van der Waals surface area contributed by atoms with Crippen molar-refractivity contribution in [1.29, 1.82) is 0 Å². The van der Waals surface area contributed by atoms with Crippen molar-refractivity contribution < 1.29 is 19.0 Å². The molecule has 1 amide bonds. The number of carbonyl (C=O) groups excluding carboxylic acids is 1. The third kappa shape index (κ3) is 3.51. The van der Waals surface area contributed by atoms with E-state index in [1.807, 2.05) is 30.3 Å². The molecule has 6 heteroatoms. The van der Waals surface area contributed by atoms with Gasteiger partial charge in [0.1, 0.15) is 18.1 Å². The molecule has 23 heavy (non-hydrogen) atoms. The number of hydrogen-bond donors (Lipinski definition) is 0. The third-order valence-electron chi connectivity index (χ3n) is 3.51. The van der Waals surface area contributed by atoms with E-state index in [4.69, 9.17) is 25.8 Å². The van der Waals surface area contributed by atoms with Crippen molar-refractivity contribution in [2.45, 2.75) is 6.10 Å². The van der Waals surface area contributed by atoms with Crippen LogP contribution in [-0.4, -0.2) is 32.5 Å². The lowest BCUT2D eigenvalue weighted by molar-refractivity contribution is 0.105. The molecule has 1 atom stereocenters. The fourth-order valence-corrected chi connectivity index (χ4v) is 2.56. The summed E-state index contributed by atoms with van der Waals surface area (Å²) in [5, 5.41) is 0.452. The van der Waals surface area contributed by atoms with E-state index in [0.717, 1.165) is 5.69 Å². The summed E-state index contributed by atoms with van der Waals surface area (Å²) in [5.41, 5.74) is 0.808. The van der Waals surface area contributed by atoms with Gasteiger partial charge in [0.2, 0.25) is 0 Å². The lowest BCUT2D eigenvalue weighted by Crippen LogP contribution is -2.26. The molecule has 120 valence electrons. The number of hydrogen-bond acceptors (Lipinski definition) is 4. The summed E-state index contributed by atoms with van der Waals surface area (Å²) in [4.78, 5) is 13.5. The Hall–Kier alpha value is -2.40. The highest BCUT2D eigenvalue weighted by Gasteiger charge is 2.32. The molecule has 0 radical (unpaired) electrons. The van der Waals surface area contributed by atoms with Crippen molar-refractivity contribution in [3.05, 3.63) is 53.6 Å². The number of methoxy groups -OCH3 is 1. The number of halogens is 1. The van der Waals surface area contributed by atoms with Gasteiger partial charge < -0.3 is 14.2 Å². The molecule has 2 aromatic rings. The Morgan fingerprint density at radius 1 is 1.26 bits per heavy atom. The van der Waals surface area contributed by atoms with Gasteiger partial charge >= 0.3 is 6.09 Å². The second-order valence-corrected chi connectivity index (χ2v) is 5.47. The first-order chi connectivity index (χ1) is 11.2. The zero-order chi connectivity index (χ0) is 16.2. The van der Waals surface area contributed by atoms with E-state index in [9.17, 15) is 4.79 Å². The van der Waals surface area contributed by atoms with E-state index in [1.165, 1.54) is 0 Å². The first kappa shape index (κ1) is 15.5. The molecule has 2 aromatic carbocycles. The molecular formula is C17H16ClNO4. The highest BCUT2D eigenvalue weighted by atomic mass is 35.5. The Bertz CT molecular complexity index is 692. The lowest BCUT2D eigenvalue weighted by atomic mass is 10.3. The van der Waals surface area contributed by atoms with Gasteiger partial charge in [-0.05, 0) is 24.3 Å². The van der Waals surface area contributed by atoms with Crippen LogP contribution in [0.4, 0.5) is 10.5 Å². The van der Waals surface area contributed by atoms with Crippen LogP contribution in [0.15, 0.2) is 48.5 Å². The highest BCUT2D eigenvalue weighted by Crippen LogP contribution is 2.29. The molecular weight excluding hydrogens is 318 g/mol. The molecule has 1 saturated heterocycles. The molecule has 0 aromatic heterocycles. The second-order valence-electron chi connectivity index (χ2n) is 5.06. The summed E-state index contributed by atoms with van der Waals surface area (Å²) < 4.78 is 16.1. The standard InChI is InChI=1S/C17H16ClNO4/c1-21-13-7-8-16(15(18)9-13)22-11-14-10-19(17(20)23-14)12-5-3-2-4-6-12/h2-9,14H,10-11H2,1H3. The molecule has 0 bridgehead atoms. The van der Waals surface area contributed by atoms with Crippen molar-refractivity contribution >= 4 is 23.4 Å². The minimum absolute atomic E-state index is 0.237. The molecule has 0 spiro atoms. The number of rotatable bonds is 5. The van der Waals surface area contributed by atoms with Gasteiger partial charge in [-0.2, -0.15) is 0 Å². The average molecular weight is 334 g/mol. The van der Waals surface area contributed by atoms with Crippen LogP contribution in [-0.2, 0) is 4.74 Å². The largest absolute Gasteiger partial charge is 0.497 e. The van der Waals surface area contributed by atoms with Gasteiger partial charge in [-0.25, -0.2) is 4.79 Å². The maximum atomic E-state index is 12.0. The number of carbonyl (C=O) groups is 1. The predicted molar refractivity (Wildman–Crippen MR) is 87.6 cm³/mol. The first-order valence-corrected chi connectivity index (χ1v) is 7.54. The number of para-hydroxylation sites is 1. The van der Waals surface area contributed by atoms with Crippen molar-refractivity contribution in [1.82, 2.24) is 0 Å². The number of amides is 1. The van der Waals surface area contributed by atoms with E-state index in [2.05, 4.69) is 0 Å². The monoisotopic (exact) mass is 333 g/mol. The quantitative estimate of drug-likeness (QED) is 0.836. The van der Waals surface area contributed by atoms with Gasteiger partial charge in [0.25, 0.3) is 0 Å². The lowest BCUT2D eigenvalue weighted by Gasteiger charge is -2.13. The van der Waals surface area contributed by atoms with Crippen molar-refractivity contribution in [3.8, 4) is 11.5 Å². The first-order valence-electron chi connectivity index (χ1n) is 7.17. The number of nitrogens with zero attached hydrogens (tertiary/aromatic N) is 1. The zero-order valence-corrected chi connectivity index (χ0v) is 13.3. The summed E-state index contributed by atoms with van der Waals surface area (Å²) in [6.45, 7) is 0.678. The Balaban J connectivity index is 1.61. The minimum Gasteiger partial charge on any atom is -0.497 e. The van der Waals surface area contributed by atoms with Gasteiger partial charge in [0.15, 0.2) is 6.10 Å². The van der Waals surface area contributed by atoms with Gasteiger partial charge in [0.05, 0.1) is 18.7 Å². The molecule has 0 saturated carbocycles. The summed E-state index contributed by atoms with van der Waals surface area (Å²) in [5.74, 6) is 1.19. The van der Waals surface area contributed by atoms with E-state index < -0.39 is 0 Å². The number of cyclic esters (lactones) is 1.